The molecule has 0 bridgehead atoms. The number of hydrogen-bond donors (Lipinski definition) is 2. The zero-order chi connectivity index (χ0) is 20.2. The summed E-state index contributed by atoms with van der Waals surface area (Å²) in [6.45, 7) is 0.505. The fraction of sp³-hybridized carbons (Fsp3) is 0.150. The van der Waals surface area contributed by atoms with E-state index in [1.54, 1.807) is 41.5 Å². The number of rotatable bonds is 6. The van der Waals surface area contributed by atoms with Gasteiger partial charge in [0.25, 0.3) is 5.56 Å². The molecule has 0 aliphatic rings. The molecule has 0 fully saturated rings. The topological polar surface area (TPSA) is 97.6 Å². The van der Waals surface area contributed by atoms with Gasteiger partial charge < -0.3 is 10.3 Å². The van der Waals surface area contributed by atoms with E-state index in [1.807, 2.05) is 24.3 Å². The van der Waals surface area contributed by atoms with Crippen LogP contribution in [0, 0.1) is 4.77 Å². The van der Waals surface area contributed by atoms with E-state index in [9.17, 15) is 9.59 Å². The van der Waals surface area contributed by atoms with E-state index < -0.39 is 0 Å². The second-order valence-corrected chi connectivity index (χ2v) is 6.78. The van der Waals surface area contributed by atoms with Gasteiger partial charge in [-0.2, -0.15) is 5.10 Å². The normalized spacial score (nSPS) is 10.9. The molecule has 9 heteroatoms. The van der Waals surface area contributed by atoms with Gasteiger partial charge in [-0.25, -0.2) is 9.67 Å². The van der Waals surface area contributed by atoms with Crippen molar-refractivity contribution in [3.05, 3.63) is 81.7 Å². The Kier molecular flexibility index (Phi) is 5.30. The molecule has 4 aromatic rings. The molecule has 4 rings (SSSR count). The molecule has 0 aliphatic heterocycles. The van der Waals surface area contributed by atoms with Crippen molar-refractivity contribution in [2.75, 3.05) is 0 Å². The highest BCUT2D eigenvalue weighted by molar-refractivity contribution is 7.71. The molecule has 1 amide bonds. The predicted octanol–water partition coefficient (Wildman–Crippen LogP) is 2.35. The van der Waals surface area contributed by atoms with Gasteiger partial charge in [-0.3, -0.25) is 14.2 Å². The molecule has 0 atom stereocenters. The van der Waals surface area contributed by atoms with Crippen LogP contribution in [-0.2, 0) is 17.9 Å². The van der Waals surface area contributed by atoms with Gasteiger partial charge in [0.15, 0.2) is 10.6 Å². The molecule has 29 heavy (non-hydrogen) atoms. The van der Waals surface area contributed by atoms with Crippen LogP contribution in [0.4, 0.5) is 0 Å². The van der Waals surface area contributed by atoms with Crippen molar-refractivity contribution < 1.29 is 4.79 Å². The van der Waals surface area contributed by atoms with Crippen LogP contribution >= 0.6 is 12.2 Å². The first-order valence-corrected chi connectivity index (χ1v) is 9.47. The Morgan fingerprint density at radius 3 is 2.83 bits per heavy atom. The number of H-pyrrole nitrogens is 1. The number of nitrogens with zero attached hydrogens (tertiary/aromatic N) is 4. The average Bonchev–Trinajstić information content (AvgIpc) is 3.27. The molecule has 146 valence electrons. The van der Waals surface area contributed by atoms with E-state index >= 15 is 0 Å². The Hall–Kier alpha value is -3.59. The van der Waals surface area contributed by atoms with E-state index in [0.717, 1.165) is 5.56 Å². The molecule has 0 radical (unpaired) electrons. The van der Waals surface area contributed by atoms with Gasteiger partial charge in [0.05, 0.1) is 10.9 Å². The maximum Gasteiger partial charge on any atom is 0.262 e. The SMILES string of the molecule is O=C(CCn1c(=S)[nH]c2ccccc2c1=O)NCc1cccnc1-n1cccn1. The number of aromatic amines is 1. The number of carbonyl (C=O) groups is 1. The quantitative estimate of drug-likeness (QED) is 0.479. The van der Waals surface area contributed by atoms with Crippen LogP contribution in [-0.4, -0.2) is 30.2 Å². The maximum atomic E-state index is 12.6. The van der Waals surface area contributed by atoms with E-state index in [-0.39, 0.29) is 24.4 Å². The molecule has 0 aliphatic carbocycles. The number of pyridine rings is 1. The summed E-state index contributed by atoms with van der Waals surface area (Å²) < 4.78 is 3.36. The smallest absolute Gasteiger partial charge is 0.262 e. The van der Waals surface area contributed by atoms with Crippen molar-refractivity contribution in [1.82, 2.24) is 29.6 Å². The third-order valence-corrected chi connectivity index (χ3v) is 4.84. The number of benzene rings is 1. The molecule has 0 unspecified atom stereocenters. The van der Waals surface area contributed by atoms with Gasteiger partial charge in [0.2, 0.25) is 5.91 Å². The van der Waals surface area contributed by atoms with E-state index in [2.05, 4.69) is 20.4 Å². The third-order valence-electron chi connectivity index (χ3n) is 4.52. The van der Waals surface area contributed by atoms with Gasteiger partial charge in [-0.1, -0.05) is 18.2 Å². The molecule has 2 N–H and O–H groups in total. The number of fused-ring (bicyclic) bond motifs is 1. The largest absolute Gasteiger partial charge is 0.352 e. The molecule has 3 heterocycles. The summed E-state index contributed by atoms with van der Waals surface area (Å²) >= 11 is 5.28. The van der Waals surface area contributed by atoms with Gasteiger partial charge in [0, 0.05) is 43.7 Å². The zero-order valence-electron chi connectivity index (χ0n) is 15.4. The lowest BCUT2D eigenvalue weighted by atomic mass is 10.2. The van der Waals surface area contributed by atoms with Crippen molar-refractivity contribution in [2.45, 2.75) is 19.5 Å². The van der Waals surface area contributed by atoms with Crippen LogP contribution in [0.1, 0.15) is 12.0 Å². The Bertz CT molecular complexity index is 1280. The van der Waals surface area contributed by atoms with Crippen LogP contribution in [0.5, 0.6) is 0 Å². The standard InChI is InChI=1S/C20H18N6O2S/c27-17(22-13-14-5-3-9-21-18(14)26-11-4-10-23-26)8-12-25-19(28)15-6-1-2-7-16(15)24-20(25)29/h1-7,9-11H,8,12-13H2,(H,22,27)(H,24,29). The molecule has 0 spiro atoms. The van der Waals surface area contributed by atoms with Crippen molar-refractivity contribution in [2.24, 2.45) is 0 Å². The second-order valence-electron chi connectivity index (χ2n) is 6.40. The number of nitrogens with one attached hydrogen (secondary N) is 2. The molecular formula is C20H18N6O2S. The maximum absolute atomic E-state index is 12.6. The summed E-state index contributed by atoms with van der Waals surface area (Å²) in [5, 5.41) is 7.59. The molecule has 1 aromatic carbocycles. The second kappa shape index (κ2) is 8.19. The van der Waals surface area contributed by atoms with Gasteiger partial charge in [0.1, 0.15) is 0 Å². The van der Waals surface area contributed by atoms with Crippen LogP contribution in [0.3, 0.4) is 0 Å². The first kappa shape index (κ1) is 18.8. The highest BCUT2D eigenvalue weighted by atomic mass is 32.1. The fourth-order valence-electron chi connectivity index (χ4n) is 3.07. The first-order valence-electron chi connectivity index (χ1n) is 9.06. The number of hydrogen-bond acceptors (Lipinski definition) is 5. The highest BCUT2D eigenvalue weighted by Crippen LogP contribution is 2.10. The van der Waals surface area contributed by atoms with Crippen molar-refractivity contribution in [1.29, 1.82) is 0 Å². The number of para-hydroxylation sites is 1. The summed E-state index contributed by atoms with van der Waals surface area (Å²) in [5.41, 5.74) is 1.32. The molecule has 8 nitrogen and oxygen atoms in total. The first-order chi connectivity index (χ1) is 14.1. The molecule has 0 saturated heterocycles. The average molecular weight is 406 g/mol. The number of aromatic nitrogens is 5. The number of carbonyl (C=O) groups excluding carboxylic acids is 1. The monoisotopic (exact) mass is 406 g/mol. The Labute approximate surface area is 170 Å². The van der Waals surface area contributed by atoms with Crippen LogP contribution < -0.4 is 10.9 Å². The van der Waals surface area contributed by atoms with Gasteiger partial charge in [-0.15, -0.1) is 0 Å². The summed E-state index contributed by atoms with van der Waals surface area (Å²) in [6.07, 6.45) is 5.27. The summed E-state index contributed by atoms with van der Waals surface area (Å²) in [6, 6.07) is 12.7. The van der Waals surface area contributed by atoms with Crippen LogP contribution in [0.15, 0.2) is 65.8 Å². The van der Waals surface area contributed by atoms with Crippen LogP contribution in [0.25, 0.3) is 16.7 Å². The van der Waals surface area contributed by atoms with E-state index in [0.29, 0.717) is 28.0 Å². The Morgan fingerprint density at radius 1 is 1.14 bits per heavy atom. The van der Waals surface area contributed by atoms with E-state index in [4.69, 9.17) is 12.2 Å². The highest BCUT2D eigenvalue weighted by Gasteiger charge is 2.10. The minimum atomic E-state index is -0.203. The Balaban J connectivity index is 1.44. The lowest BCUT2D eigenvalue weighted by Gasteiger charge is -2.11. The van der Waals surface area contributed by atoms with Gasteiger partial charge in [-0.05, 0) is 36.5 Å². The van der Waals surface area contributed by atoms with Crippen molar-refractivity contribution >= 4 is 29.0 Å². The van der Waals surface area contributed by atoms with Crippen molar-refractivity contribution in [3.8, 4) is 5.82 Å². The van der Waals surface area contributed by atoms with E-state index in [1.165, 1.54) is 4.57 Å². The van der Waals surface area contributed by atoms with Crippen LogP contribution in [0.2, 0.25) is 0 Å². The summed E-state index contributed by atoms with van der Waals surface area (Å²) in [5.74, 6) is 0.473. The van der Waals surface area contributed by atoms with Gasteiger partial charge >= 0.3 is 0 Å². The van der Waals surface area contributed by atoms with Crippen molar-refractivity contribution in [3.63, 3.8) is 0 Å². The molecule has 0 saturated carbocycles. The minimum Gasteiger partial charge on any atom is -0.352 e. The lowest BCUT2D eigenvalue weighted by Crippen LogP contribution is -2.28. The summed E-state index contributed by atoms with van der Waals surface area (Å²) in [7, 11) is 0. The lowest BCUT2D eigenvalue weighted by molar-refractivity contribution is -0.121. The molecule has 3 aromatic heterocycles. The Morgan fingerprint density at radius 2 is 2.00 bits per heavy atom. The minimum absolute atomic E-state index is 0.132. The fourth-order valence-corrected chi connectivity index (χ4v) is 3.35. The number of amides is 1. The predicted molar refractivity (Wildman–Crippen MR) is 111 cm³/mol. The molecular weight excluding hydrogens is 388 g/mol. The zero-order valence-corrected chi connectivity index (χ0v) is 16.2. The third kappa shape index (κ3) is 3.99. The summed E-state index contributed by atoms with van der Waals surface area (Å²) in [4.78, 5) is 32.4.